The van der Waals surface area contributed by atoms with Crippen LogP contribution in [-0.4, -0.2) is 83.3 Å². The van der Waals surface area contributed by atoms with Crippen LogP contribution in [0.1, 0.15) is 12.6 Å². The van der Waals surface area contributed by atoms with Crippen molar-refractivity contribution in [2.24, 2.45) is 5.16 Å². The van der Waals surface area contributed by atoms with Crippen molar-refractivity contribution in [3.63, 3.8) is 0 Å². The molecular weight excluding hydrogens is 482 g/mol. The normalized spacial score (nSPS) is 18.8. The summed E-state index contributed by atoms with van der Waals surface area (Å²) in [5.74, 6) is -4.36. The highest BCUT2D eigenvalue weighted by molar-refractivity contribution is 7.84. The predicted octanol–water partition coefficient (Wildman–Crippen LogP) is -1.27. The Bertz CT molecular complexity index is 1030. The molecule has 2 rings (SSSR count). The van der Waals surface area contributed by atoms with E-state index in [0.717, 1.165) is 18.4 Å². The third-order valence-corrected chi connectivity index (χ3v) is 5.55. The van der Waals surface area contributed by atoms with Crippen molar-refractivity contribution >= 4 is 67.8 Å². The van der Waals surface area contributed by atoms with Crippen LogP contribution in [0.15, 0.2) is 10.5 Å². The Hall–Kier alpha value is -2.82. The van der Waals surface area contributed by atoms with Crippen molar-refractivity contribution in [3.05, 3.63) is 11.1 Å². The van der Waals surface area contributed by atoms with Gasteiger partial charge in [-0.15, -0.1) is 22.9 Å². The summed E-state index contributed by atoms with van der Waals surface area (Å²) in [5, 5.41) is 9.59. The Morgan fingerprint density at radius 3 is 2.65 bits per heavy atom. The number of alkyl halides is 1. The average Bonchev–Trinajstić information content (AvgIpc) is 3.16. The smallest absolute Gasteiger partial charge is 0.363 e. The van der Waals surface area contributed by atoms with Gasteiger partial charge >= 0.3 is 16.3 Å². The zero-order valence-electron chi connectivity index (χ0n) is 15.9. The van der Waals surface area contributed by atoms with E-state index in [-0.39, 0.29) is 27.6 Å². The quantitative estimate of drug-likeness (QED) is 0.0924. The van der Waals surface area contributed by atoms with E-state index in [1.165, 1.54) is 5.38 Å². The second kappa shape index (κ2) is 9.99. The van der Waals surface area contributed by atoms with Crippen LogP contribution in [0.5, 0.6) is 0 Å². The molecule has 0 saturated carbocycles. The van der Waals surface area contributed by atoms with E-state index < -0.39 is 51.8 Å². The molecule has 1 aromatic rings. The molecule has 0 unspecified atom stereocenters. The number of anilines is 1. The summed E-state index contributed by atoms with van der Waals surface area (Å²) in [4.78, 5) is 56.9. The first-order valence-electron chi connectivity index (χ1n) is 8.26. The molecule has 0 radical (unpaired) electrons. The molecule has 17 heteroatoms. The van der Waals surface area contributed by atoms with Gasteiger partial charge in [0.25, 0.3) is 11.8 Å². The van der Waals surface area contributed by atoms with Crippen LogP contribution in [0.25, 0.3) is 0 Å². The lowest BCUT2D eigenvalue weighted by Crippen LogP contribution is -2.74. The number of carbonyl (C=O) groups excluding carboxylic acids is 4. The molecule has 1 aliphatic rings. The molecule has 0 aliphatic carbocycles. The lowest BCUT2D eigenvalue weighted by molar-refractivity contribution is -0.162. The van der Waals surface area contributed by atoms with Gasteiger partial charge in [0.05, 0.1) is 7.11 Å². The Morgan fingerprint density at radius 2 is 2.10 bits per heavy atom. The molecule has 1 aromatic heterocycles. The highest BCUT2D eigenvalue weighted by Crippen LogP contribution is 2.25. The van der Waals surface area contributed by atoms with Gasteiger partial charge in [0.15, 0.2) is 16.9 Å². The number of nitrogens with one attached hydrogen (secondary N) is 2. The van der Waals surface area contributed by atoms with Crippen molar-refractivity contribution in [2.75, 3.05) is 24.9 Å². The standard InChI is InChI=1S/C14H16ClN5O9S2/c1-3-29-19-8(6-5-30-14(16-6)17-7(21)4-15)11(22)18-9-10(13(24)28-2)20(12(9)23)31(25,26)27/h5,9-10H,3-4H2,1-2H3,(H,18,22)(H,16,17,21)(H,25,26,27)/t9-,10-/m0/s1. The number of oxime groups is 1. The number of esters is 1. The fourth-order valence-electron chi connectivity index (χ4n) is 2.35. The molecular formula is C14H16ClN5O9S2. The number of nitrogens with zero attached hydrogens (tertiary/aromatic N) is 3. The van der Waals surface area contributed by atoms with E-state index in [4.69, 9.17) is 21.0 Å². The number of rotatable bonds is 9. The maximum atomic E-state index is 12.7. The predicted molar refractivity (Wildman–Crippen MR) is 106 cm³/mol. The molecule has 170 valence electrons. The summed E-state index contributed by atoms with van der Waals surface area (Å²) in [5.41, 5.74) is -0.472. The largest absolute Gasteiger partial charge is 0.467 e. The van der Waals surface area contributed by atoms with Crippen molar-refractivity contribution in [2.45, 2.75) is 19.0 Å². The topological polar surface area (TPSA) is 194 Å². The number of carbonyl (C=O) groups is 4. The van der Waals surface area contributed by atoms with Crippen LogP contribution < -0.4 is 10.6 Å². The van der Waals surface area contributed by atoms with Gasteiger partial charge in [0, 0.05) is 5.38 Å². The minimum absolute atomic E-state index is 0.0474. The average molecular weight is 498 g/mol. The van der Waals surface area contributed by atoms with Gasteiger partial charge in [0.2, 0.25) is 5.91 Å². The van der Waals surface area contributed by atoms with Crippen LogP contribution in [-0.2, 0) is 39.1 Å². The molecule has 2 atom stereocenters. The molecule has 0 bridgehead atoms. The number of aromatic nitrogens is 1. The van der Waals surface area contributed by atoms with Crippen LogP contribution in [0.2, 0.25) is 0 Å². The van der Waals surface area contributed by atoms with E-state index in [2.05, 4.69) is 25.5 Å². The summed E-state index contributed by atoms with van der Waals surface area (Å²) in [7, 11) is -4.14. The minimum atomic E-state index is -5.07. The van der Waals surface area contributed by atoms with Crippen LogP contribution >= 0.6 is 22.9 Å². The fourth-order valence-corrected chi connectivity index (χ4v) is 3.96. The molecule has 14 nitrogen and oxygen atoms in total. The van der Waals surface area contributed by atoms with Gasteiger partial charge in [-0.2, -0.15) is 12.7 Å². The third-order valence-electron chi connectivity index (χ3n) is 3.64. The first-order valence-corrected chi connectivity index (χ1v) is 11.1. The summed E-state index contributed by atoms with van der Waals surface area (Å²) in [6.45, 7) is 1.65. The van der Waals surface area contributed by atoms with E-state index in [0.29, 0.717) is 0 Å². The second-order valence-electron chi connectivity index (χ2n) is 5.61. The molecule has 3 N–H and O–H groups in total. The zero-order chi connectivity index (χ0) is 23.3. The van der Waals surface area contributed by atoms with E-state index in [1.54, 1.807) is 6.92 Å². The molecule has 1 fully saturated rings. The number of halogens is 1. The number of hydrogen-bond acceptors (Lipinski definition) is 11. The van der Waals surface area contributed by atoms with Crippen molar-refractivity contribution in [1.29, 1.82) is 0 Å². The maximum Gasteiger partial charge on any atom is 0.363 e. The number of methoxy groups -OCH3 is 1. The maximum absolute atomic E-state index is 12.7. The molecule has 0 aromatic carbocycles. The lowest BCUT2D eigenvalue weighted by Gasteiger charge is -2.41. The second-order valence-corrected chi connectivity index (χ2v) is 8.02. The minimum Gasteiger partial charge on any atom is -0.467 e. The van der Waals surface area contributed by atoms with E-state index in [9.17, 15) is 27.6 Å². The summed E-state index contributed by atoms with van der Waals surface area (Å²) in [6, 6.07) is -3.48. The summed E-state index contributed by atoms with van der Waals surface area (Å²) in [6.07, 6.45) is 0. The highest BCUT2D eigenvalue weighted by Gasteiger charge is 2.58. The van der Waals surface area contributed by atoms with Crippen LogP contribution in [0, 0.1) is 0 Å². The van der Waals surface area contributed by atoms with E-state index >= 15 is 0 Å². The fraction of sp³-hybridized carbons (Fsp3) is 0.429. The Kier molecular flexibility index (Phi) is 7.88. The number of hydrogen-bond donors (Lipinski definition) is 3. The van der Waals surface area contributed by atoms with Gasteiger partial charge in [-0.1, -0.05) is 5.16 Å². The zero-order valence-corrected chi connectivity index (χ0v) is 18.3. The SMILES string of the molecule is CCON=C(C(=O)N[C@@H]1C(=O)N(S(=O)(=O)O)[C@@H]1C(=O)OC)c1csc(NC(=O)CCl)n1. The van der Waals surface area contributed by atoms with Crippen molar-refractivity contribution in [3.8, 4) is 0 Å². The summed E-state index contributed by atoms with van der Waals surface area (Å²) >= 11 is 6.35. The highest BCUT2D eigenvalue weighted by atomic mass is 35.5. The van der Waals surface area contributed by atoms with Gasteiger partial charge in [-0.25, -0.2) is 9.78 Å². The van der Waals surface area contributed by atoms with Crippen molar-refractivity contribution in [1.82, 2.24) is 14.6 Å². The van der Waals surface area contributed by atoms with Gasteiger partial charge in [-0.05, 0) is 6.92 Å². The molecule has 1 saturated heterocycles. The first-order chi connectivity index (χ1) is 14.5. The molecule has 31 heavy (non-hydrogen) atoms. The Labute approximate surface area is 184 Å². The number of ether oxygens (including phenoxy) is 1. The molecule has 1 aliphatic heterocycles. The Morgan fingerprint density at radius 1 is 1.42 bits per heavy atom. The van der Waals surface area contributed by atoms with Crippen LogP contribution in [0.3, 0.4) is 0 Å². The van der Waals surface area contributed by atoms with Gasteiger partial charge in [0.1, 0.15) is 24.2 Å². The number of thiazole rings is 1. The molecule has 2 heterocycles. The lowest BCUT2D eigenvalue weighted by atomic mass is 9.98. The monoisotopic (exact) mass is 497 g/mol. The third kappa shape index (κ3) is 5.46. The van der Waals surface area contributed by atoms with Gasteiger partial charge < -0.3 is 20.2 Å². The van der Waals surface area contributed by atoms with Gasteiger partial charge in [-0.3, -0.25) is 18.9 Å². The van der Waals surface area contributed by atoms with Crippen LogP contribution in [0.4, 0.5) is 5.13 Å². The summed E-state index contributed by atoms with van der Waals surface area (Å²) < 4.78 is 36.1. The molecule has 0 spiro atoms. The number of amides is 3. The van der Waals surface area contributed by atoms with Crippen molar-refractivity contribution < 1.29 is 41.7 Å². The first kappa shape index (κ1) is 24.4. The number of β-lactam (4-membered cyclic amide) rings is 1. The Balaban J connectivity index is 2.27. The molecule has 3 amide bonds. The van der Waals surface area contributed by atoms with E-state index in [1.807, 2.05) is 0 Å².